The summed E-state index contributed by atoms with van der Waals surface area (Å²) in [5.41, 5.74) is -1.68. The van der Waals surface area contributed by atoms with Crippen molar-refractivity contribution >= 4 is 29.0 Å². The van der Waals surface area contributed by atoms with E-state index in [1.165, 1.54) is 12.1 Å². The van der Waals surface area contributed by atoms with Crippen molar-refractivity contribution in [3.63, 3.8) is 0 Å². The lowest BCUT2D eigenvalue weighted by Gasteiger charge is -2.40. The van der Waals surface area contributed by atoms with E-state index in [-0.39, 0.29) is 52.3 Å². The van der Waals surface area contributed by atoms with Crippen molar-refractivity contribution in [2.24, 2.45) is 11.3 Å². The number of likely N-dealkylation sites (tertiary alicyclic amines) is 1. The maximum Gasteiger partial charge on any atom is 0.237 e. The van der Waals surface area contributed by atoms with Crippen molar-refractivity contribution < 1.29 is 33.0 Å². The molecule has 0 unspecified atom stereocenters. The van der Waals surface area contributed by atoms with E-state index in [1.807, 2.05) is 0 Å². The molecule has 5 atom stereocenters. The standard InChI is InChI=1S/C32H40ClF3N2O4/c1-17(2)14-31(3,4)15-26-32(20-12-22(34)23(35)13-24(20)37-30(32)42)27(19-9-7-10-21(33)28(19)36)29(38(26)5)25(41)11-6-8-18(40)16-39/h7,9-10,12-13,17-18,26-27,29,39-40H,6,8,11,14-16H2,1-5H3,(H,37,42)/t18-,26+,27-,29-,32-/m0/s1. The van der Waals surface area contributed by atoms with Crippen LogP contribution in [-0.4, -0.2) is 58.6 Å². The number of amides is 1. The van der Waals surface area contributed by atoms with E-state index >= 15 is 4.39 Å². The molecule has 1 amide bonds. The molecule has 6 nitrogen and oxygen atoms in total. The average molecular weight is 609 g/mol. The molecule has 2 aromatic rings. The summed E-state index contributed by atoms with van der Waals surface area (Å²) in [6, 6.07) is 4.63. The number of carbonyl (C=O) groups excluding carboxylic acids is 2. The number of nitrogens with one attached hydrogen (secondary N) is 1. The van der Waals surface area contributed by atoms with Gasteiger partial charge in [-0.25, -0.2) is 13.2 Å². The fourth-order valence-electron chi connectivity index (χ4n) is 7.54. The summed E-state index contributed by atoms with van der Waals surface area (Å²) in [4.78, 5) is 30.2. The highest BCUT2D eigenvalue weighted by molar-refractivity contribution is 6.30. The van der Waals surface area contributed by atoms with Crippen LogP contribution in [0.1, 0.15) is 76.8 Å². The van der Waals surface area contributed by atoms with Crippen LogP contribution in [0.2, 0.25) is 5.02 Å². The molecule has 0 aromatic heterocycles. The van der Waals surface area contributed by atoms with Gasteiger partial charge in [-0.2, -0.15) is 0 Å². The number of anilines is 1. The molecule has 42 heavy (non-hydrogen) atoms. The van der Waals surface area contributed by atoms with E-state index in [1.54, 1.807) is 18.0 Å². The van der Waals surface area contributed by atoms with Gasteiger partial charge in [-0.15, -0.1) is 0 Å². The number of likely N-dealkylation sites (N-methyl/N-ethyl adjacent to an activating group) is 1. The van der Waals surface area contributed by atoms with Gasteiger partial charge in [0.25, 0.3) is 0 Å². The molecule has 2 aliphatic heterocycles. The summed E-state index contributed by atoms with van der Waals surface area (Å²) in [5.74, 6) is -4.72. The molecule has 2 aromatic carbocycles. The lowest BCUT2D eigenvalue weighted by Crippen LogP contribution is -2.50. The van der Waals surface area contributed by atoms with Gasteiger partial charge in [-0.05, 0) is 67.3 Å². The molecule has 1 fully saturated rings. The fraction of sp³-hybridized carbons (Fsp3) is 0.562. The van der Waals surface area contributed by atoms with Crippen molar-refractivity contribution in [3.8, 4) is 0 Å². The van der Waals surface area contributed by atoms with E-state index in [2.05, 4.69) is 33.0 Å². The Morgan fingerprint density at radius 3 is 2.50 bits per heavy atom. The van der Waals surface area contributed by atoms with Crippen molar-refractivity contribution in [2.75, 3.05) is 19.0 Å². The van der Waals surface area contributed by atoms with E-state index < -0.39 is 59.5 Å². The van der Waals surface area contributed by atoms with Crippen LogP contribution in [0.3, 0.4) is 0 Å². The Morgan fingerprint density at radius 2 is 1.86 bits per heavy atom. The number of aliphatic hydroxyl groups excluding tert-OH is 2. The molecule has 2 heterocycles. The number of halogens is 4. The fourth-order valence-corrected chi connectivity index (χ4v) is 7.73. The Morgan fingerprint density at radius 1 is 1.19 bits per heavy atom. The van der Waals surface area contributed by atoms with Crippen molar-refractivity contribution in [1.29, 1.82) is 0 Å². The molecule has 0 radical (unpaired) electrons. The second-order valence-corrected chi connectivity index (χ2v) is 13.5. The molecule has 1 saturated heterocycles. The summed E-state index contributed by atoms with van der Waals surface area (Å²) >= 11 is 6.23. The first-order chi connectivity index (χ1) is 19.6. The molecular formula is C32H40ClF3N2O4. The molecule has 1 spiro atoms. The minimum Gasteiger partial charge on any atom is -0.394 e. The Balaban J connectivity index is 1.98. The van der Waals surface area contributed by atoms with Crippen LogP contribution in [-0.2, 0) is 15.0 Å². The molecule has 10 heteroatoms. The third-order valence-electron chi connectivity index (χ3n) is 8.92. The summed E-state index contributed by atoms with van der Waals surface area (Å²) in [6.45, 7) is 7.86. The molecule has 0 bridgehead atoms. The van der Waals surface area contributed by atoms with Gasteiger partial charge < -0.3 is 15.5 Å². The molecular weight excluding hydrogens is 569 g/mol. The zero-order valence-electron chi connectivity index (χ0n) is 24.7. The van der Waals surface area contributed by atoms with Gasteiger partial charge in [0.1, 0.15) is 11.2 Å². The summed E-state index contributed by atoms with van der Waals surface area (Å²) in [7, 11) is 1.72. The second-order valence-electron chi connectivity index (χ2n) is 13.0. The minimum absolute atomic E-state index is 0.00477. The predicted octanol–water partition coefficient (Wildman–Crippen LogP) is 5.97. The van der Waals surface area contributed by atoms with Crippen molar-refractivity contribution in [3.05, 3.63) is 63.9 Å². The Labute approximate surface area is 250 Å². The summed E-state index contributed by atoms with van der Waals surface area (Å²) < 4.78 is 45.3. The van der Waals surface area contributed by atoms with Crippen LogP contribution < -0.4 is 5.32 Å². The minimum atomic E-state index is -1.65. The highest BCUT2D eigenvalue weighted by atomic mass is 35.5. The lowest BCUT2D eigenvalue weighted by molar-refractivity contribution is -0.124. The Bertz CT molecular complexity index is 1350. The average Bonchev–Trinajstić information content (AvgIpc) is 3.31. The highest BCUT2D eigenvalue weighted by Gasteiger charge is 2.68. The van der Waals surface area contributed by atoms with Gasteiger partial charge in [-0.1, -0.05) is 51.4 Å². The molecule has 0 aliphatic carbocycles. The van der Waals surface area contributed by atoms with Crippen LogP contribution in [0.4, 0.5) is 18.9 Å². The highest BCUT2D eigenvalue weighted by Crippen LogP contribution is 2.60. The smallest absolute Gasteiger partial charge is 0.237 e. The molecule has 4 rings (SSSR count). The van der Waals surface area contributed by atoms with E-state index in [0.717, 1.165) is 18.6 Å². The van der Waals surface area contributed by atoms with Crippen LogP contribution in [0.5, 0.6) is 0 Å². The summed E-state index contributed by atoms with van der Waals surface area (Å²) in [5, 5.41) is 21.6. The third-order valence-corrected chi connectivity index (χ3v) is 9.21. The first-order valence-electron chi connectivity index (χ1n) is 14.4. The predicted molar refractivity (Wildman–Crippen MR) is 156 cm³/mol. The van der Waals surface area contributed by atoms with E-state index in [0.29, 0.717) is 12.3 Å². The van der Waals surface area contributed by atoms with E-state index in [4.69, 9.17) is 11.6 Å². The number of benzene rings is 2. The van der Waals surface area contributed by atoms with Gasteiger partial charge in [0.05, 0.1) is 23.8 Å². The largest absolute Gasteiger partial charge is 0.394 e. The first-order valence-corrected chi connectivity index (χ1v) is 14.8. The number of fused-ring (bicyclic) bond motifs is 2. The van der Waals surface area contributed by atoms with Gasteiger partial charge in [0.2, 0.25) is 5.91 Å². The topological polar surface area (TPSA) is 89.9 Å². The van der Waals surface area contributed by atoms with Crippen molar-refractivity contribution in [2.45, 2.75) is 89.3 Å². The molecule has 0 saturated carbocycles. The second kappa shape index (κ2) is 12.3. The number of carbonyl (C=O) groups is 2. The maximum atomic E-state index is 16.0. The Kier molecular flexibility index (Phi) is 9.48. The molecule has 3 N–H and O–H groups in total. The van der Waals surface area contributed by atoms with Gasteiger partial charge in [0.15, 0.2) is 17.4 Å². The van der Waals surface area contributed by atoms with Gasteiger partial charge in [0, 0.05) is 30.1 Å². The number of aliphatic hydroxyl groups is 2. The SMILES string of the molecule is CC(C)CC(C)(C)C[C@H]1N(C)[C@@H](C(=O)CCC[C@H](O)CO)[C@H](c2cccc(Cl)c2F)[C@@]12C(=O)Nc1cc(F)c(F)cc12. The number of nitrogens with zero attached hydrogens (tertiary/aromatic N) is 1. The zero-order chi connectivity index (χ0) is 31.1. The van der Waals surface area contributed by atoms with Crippen LogP contribution >= 0.6 is 11.6 Å². The Hall–Kier alpha value is -2.46. The van der Waals surface area contributed by atoms with Crippen LogP contribution in [0.25, 0.3) is 0 Å². The molecule has 230 valence electrons. The van der Waals surface area contributed by atoms with Gasteiger partial charge >= 0.3 is 0 Å². The van der Waals surface area contributed by atoms with Crippen LogP contribution in [0.15, 0.2) is 30.3 Å². The van der Waals surface area contributed by atoms with Gasteiger partial charge in [-0.3, -0.25) is 14.5 Å². The molecule has 2 aliphatic rings. The maximum absolute atomic E-state index is 16.0. The normalized spacial score (nSPS) is 24.9. The van der Waals surface area contributed by atoms with Crippen LogP contribution in [0, 0.1) is 28.8 Å². The van der Waals surface area contributed by atoms with E-state index in [9.17, 15) is 28.6 Å². The first kappa shape index (κ1) is 32.5. The number of Topliss-reactive ketones (excluding diaryl/α,β-unsaturated/α-hetero) is 1. The number of hydrogen-bond donors (Lipinski definition) is 3. The zero-order valence-corrected chi connectivity index (χ0v) is 25.4. The lowest BCUT2D eigenvalue weighted by atomic mass is 9.61. The number of hydrogen-bond acceptors (Lipinski definition) is 5. The van der Waals surface area contributed by atoms with Crippen molar-refractivity contribution in [1.82, 2.24) is 4.90 Å². The number of rotatable bonds is 11. The third kappa shape index (κ3) is 5.73. The monoisotopic (exact) mass is 608 g/mol. The number of ketones is 1. The quantitative estimate of drug-likeness (QED) is 0.293. The summed E-state index contributed by atoms with van der Waals surface area (Å²) in [6.07, 6.45) is 0.636.